The predicted octanol–water partition coefficient (Wildman–Crippen LogP) is 2.92. The molecule has 1 unspecified atom stereocenters. The van der Waals surface area contributed by atoms with Crippen LogP contribution in [0.1, 0.15) is 30.1 Å². The summed E-state index contributed by atoms with van der Waals surface area (Å²) < 4.78 is 5.20. The molecule has 0 saturated heterocycles. The van der Waals surface area contributed by atoms with Crippen molar-refractivity contribution in [3.63, 3.8) is 0 Å². The summed E-state index contributed by atoms with van der Waals surface area (Å²) in [6.45, 7) is 0.786. The van der Waals surface area contributed by atoms with E-state index in [0.717, 1.165) is 22.1 Å². The lowest BCUT2D eigenvalue weighted by Crippen LogP contribution is -2.27. The van der Waals surface area contributed by atoms with Crippen molar-refractivity contribution in [1.82, 2.24) is 9.88 Å². The Bertz CT molecular complexity index is 655. The van der Waals surface area contributed by atoms with Gasteiger partial charge in [0.15, 0.2) is 5.13 Å². The van der Waals surface area contributed by atoms with Gasteiger partial charge in [0.25, 0.3) is 0 Å². The van der Waals surface area contributed by atoms with Crippen LogP contribution in [-0.4, -0.2) is 48.8 Å². The molecule has 1 N–H and O–H groups in total. The molecule has 1 aromatic heterocycles. The van der Waals surface area contributed by atoms with Gasteiger partial charge < -0.3 is 14.7 Å². The zero-order valence-corrected chi connectivity index (χ0v) is 15.3. The summed E-state index contributed by atoms with van der Waals surface area (Å²) >= 11 is 1.70. The Kier molecular flexibility index (Phi) is 5.38. The fourth-order valence-electron chi connectivity index (χ4n) is 2.84. The van der Waals surface area contributed by atoms with Gasteiger partial charge in [-0.05, 0) is 37.6 Å². The molecule has 1 saturated carbocycles. The summed E-state index contributed by atoms with van der Waals surface area (Å²) in [5.41, 5.74) is 2.13. The SMILES string of the molecule is COc1ccc(C(CO)N(C)Cc2csc(N(C)C3CC3)n2)cc1. The molecule has 0 amide bonds. The standard InChI is InChI=1S/C18H25N3O2S/c1-20(17(11-22)13-4-8-16(23-3)9-5-13)10-14-12-24-18(19-14)21(2)15-6-7-15/h4-5,8-9,12,15,17,22H,6-7,10-11H2,1-3H3. The molecule has 1 aliphatic rings. The highest BCUT2D eigenvalue weighted by atomic mass is 32.1. The largest absolute Gasteiger partial charge is 0.497 e. The second-order valence-electron chi connectivity index (χ2n) is 6.35. The van der Waals surface area contributed by atoms with Crippen molar-refractivity contribution in [3.05, 3.63) is 40.9 Å². The van der Waals surface area contributed by atoms with E-state index >= 15 is 0 Å². The first-order valence-electron chi connectivity index (χ1n) is 8.24. The van der Waals surface area contributed by atoms with Gasteiger partial charge in [-0.2, -0.15) is 0 Å². The summed E-state index contributed by atoms with van der Waals surface area (Å²) in [7, 11) is 5.80. The van der Waals surface area contributed by atoms with E-state index < -0.39 is 0 Å². The predicted molar refractivity (Wildman–Crippen MR) is 97.8 cm³/mol. The molecule has 0 aliphatic heterocycles. The smallest absolute Gasteiger partial charge is 0.185 e. The summed E-state index contributed by atoms with van der Waals surface area (Å²) in [4.78, 5) is 9.17. The van der Waals surface area contributed by atoms with Crippen molar-refractivity contribution in [3.8, 4) is 5.75 Å². The lowest BCUT2D eigenvalue weighted by atomic mass is 10.1. The molecule has 1 aromatic carbocycles. The van der Waals surface area contributed by atoms with Crippen molar-refractivity contribution in [2.24, 2.45) is 0 Å². The third-order valence-electron chi connectivity index (χ3n) is 4.55. The van der Waals surface area contributed by atoms with Gasteiger partial charge in [-0.15, -0.1) is 11.3 Å². The van der Waals surface area contributed by atoms with Crippen LogP contribution in [0.4, 0.5) is 5.13 Å². The van der Waals surface area contributed by atoms with Gasteiger partial charge in [0.05, 0.1) is 25.5 Å². The Morgan fingerprint density at radius 2 is 2.00 bits per heavy atom. The Balaban J connectivity index is 1.66. The lowest BCUT2D eigenvalue weighted by molar-refractivity contribution is 0.141. The molecule has 24 heavy (non-hydrogen) atoms. The lowest BCUT2D eigenvalue weighted by Gasteiger charge is -2.26. The number of rotatable bonds is 8. The number of nitrogens with zero attached hydrogens (tertiary/aromatic N) is 3. The molecule has 3 rings (SSSR count). The average molecular weight is 347 g/mol. The van der Waals surface area contributed by atoms with E-state index in [1.54, 1.807) is 18.4 Å². The minimum absolute atomic E-state index is 0.0535. The first-order chi connectivity index (χ1) is 11.6. The van der Waals surface area contributed by atoms with Crippen molar-refractivity contribution >= 4 is 16.5 Å². The maximum absolute atomic E-state index is 9.83. The van der Waals surface area contributed by atoms with Crippen LogP contribution in [0.5, 0.6) is 5.75 Å². The topological polar surface area (TPSA) is 48.8 Å². The Morgan fingerprint density at radius 3 is 2.58 bits per heavy atom. The summed E-state index contributed by atoms with van der Waals surface area (Å²) in [6, 6.07) is 8.48. The van der Waals surface area contributed by atoms with Gasteiger partial charge in [0.1, 0.15) is 5.75 Å². The molecule has 6 heteroatoms. The number of aliphatic hydroxyl groups excluding tert-OH is 1. The molecule has 0 radical (unpaired) electrons. The number of methoxy groups -OCH3 is 1. The molecular formula is C18H25N3O2S. The first kappa shape index (κ1) is 17.2. The fourth-order valence-corrected chi connectivity index (χ4v) is 3.69. The van der Waals surface area contributed by atoms with E-state index in [2.05, 4.69) is 22.2 Å². The van der Waals surface area contributed by atoms with Gasteiger partial charge in [-0.25, -0.2) is 4.98 Å². The number of anilines is 1. The average Bonchev–Trinajstić information content (AvgIpc) is 3.35. The van der Waals surface area contributed by atoms with Crippen molar-refractivity contribution in [2.75, 3.05) is 32.7 Å². The van der Waals surface area contributed by atoms with Gasteiger partial charge in [0, 0.05) is 25.0 Å². The van der Waals surface area contributed by atoms with E-state index in [1.165, 1.54) is 12.8 Å². The van der Waals surface area contributed by atoms with E-state index in [0.29, 0.717) is 12.6 Å². The number of hydrogen-bond acceptors (Lipinski definition) is 6. The van der Waals surface area contributed by atoms with Crippen LogP contribution in [-0.2, 0) is 6.54 Å². The van der Waals surface area contributed by atoms with Crippen molar-refractivity contribution in [2.45, 2.75) is 31.5 Å². The third kappa shape index (κ3) is 3.88. The minimum Gasteiger partial charge on any atom is -0.497 e. The molecular weight excluding hydrogens is 322 g/mol. The molecule has 1 heterocycles. The minimum atomic E-state index is -0.0535. The zero-order valence-electron chi connectivity index (χ0n) is 14.5. The van der Waals surface area contributed by atoms with E-state index in [-0.39, 0.29) is 12.6 Å². The Morgan fingerprint density at radius 1 is 1.29 bits per heavy atom. The van der Waals surface area contributed by atoms with Gasteiger partial charge in [-0.3, -0.25) is 4.90 Å². The van der Waals surface area contributed by atoms with Crippen molar-refractivity contribution < 1.29 is 9.84 Å². The summed E-state index contributed by atoms with van der Waals surface area (Å²) in [5.74, 6) is 0.824. The number of thiazole rings is 1. The van der Waals surface area contributed by atoms with Gasteiger partial charge in [0.2, 0.25) is 0 Å². The van der Waals surface area contributed by atoms with Crippen LogP contribution >= 0.6 is 11.3 Å². The monoisotopic (exact) mass is 347 g/mol. The quantitative estimate of drug-likeness (QED) is 0.796. The zero-order chi connectivity index (χ0) is 17.1. The van der Waals surface area contributed by atoms with E-state index in [4.69, 9.17) is 9.72 Å². The van der Waals surface area contributed by atoms with Crippen LogP contribution < -0.4 is 9.64 Å². The molecule has 1 fully saturated rings. The summed E-state index contributed by atoms with van der Waals surface area (Å²) in [6.07, 6.45) is 2.55. The van der Waals surface area contributed by atoms with Crippen LogP contribution in [0.3, 0.4) is 0 Å². The maximum Gasteiger partial charge on any atom is 0.185 e. The highest BCUT2D eigenvalue weighted by Gasteiger charge is 2.28. The van der Waals surface area contributed by atoms with Crippen molar-refractivity contribution in [1.29, 1.82) is 0 Å². The highest BCUT2D eigenvalue weighted by molar-refractivity contribution is 7.13. The molecule has 0 bridgehead atoms. The number of ether oxygens (including phenoxy) is 1. The number of hydrogen-bond donors (Lipinski definition) is 1. The Labute approximate surface area is 147 Å². The number of likely N-dealkylation sites (N-methyl/N-ethyl adjacent to an activating group) is 1. The van der Waals surface area contributed by atoms with E-state index in [1.807, 2.05) is 31.3 Å². The molecule has 2 aromatic rings. The van der Waals surface area contributed by atoms with Crippen LogP contribution in [0.15, 0.2) is 29.6 Å². The van der Waals surface area contributed by atoms with Crippen LogP contribution in [0.25, 0.3) is 0 Å². The second-order valence-corrected chi connectivity index (χ2v) is 7.19. The van der Waals surface area contributed by atoms with E-state index in [9.17, 15) is 5.11 Å². The molecule has 1 aliphatic carbocycles. The second kappa shape index (κ2) is 7.51. The van der Waals surface area contributed by atoms with Gasteiger partial charge in [-0.1, -0.05) is 12.1 Å². The normalized spacial score (nSPS) is 15.5. The molecule has 5 nitrogen and oxygen atoms in total. The first-order valence-corrected chi connectivity index (χ1v) is 9.12. The van der Waals surface area contributed by atoms with Crippen LogP contribution in [0.2, 0.25) is 0 Å². The van der Waals surface area contributed by atoms with Crippen LogP contribution in [0, 0.1) is 0 Å². The Hall–Kier alpha value is -1.63. The van der Waals surface area contributed by atoms with Gasteiger partial charge >= 0.3 is 0 Å². The highest BCUT2D eigenvalue weighted by Crippen LogP contribution is 2.32. The number of aromatic nitrogens is 1. The molecule has 0 spiro atoms. The summed E-state index contributed by atoms with van der Waals surface area (Å²) in [5, 5.41) is 13.0. The molecule has 130 valence electrons. The maximum atomic E-state index is 9.83. The number of benzene rings is 1. The molecule has 1 atom stereocenters. The fraction of sp³-hybridized carbons (Fsp3) is 0.500. The number of aliphatic hydroxyl groups is 1. The third-order valence-corrected chi connectivity index (χ3v) is 5.53.